The molecule has 0 aliphatic carbocycles. The van der Waals surface area contributed by atoms with Crippen molar-refractivity contribution in [1.82, 2.24) is 0 Å². The molecular weight excluding hydrogens is 709 g/mol. The highest BCUT2D eigenvalue weighted by Gasteiger charge is 2.11. The zero-order valence-corrected chi connectivity index (χ0v) is 37.5. The SMILES string of the molecule is CCCCCCCCCCCCCCCCCCCCCOCCCOCCCOCCCOCCCOCCCOCCCOCCCOC(=O)C(C)CC. The van der Waals surface area contributed by atoms with Crippen molar-refractivity contribution in [3.8, 4) is 0 Å². The molecule has 0 aromatic heterocycles. The van der Waals surface area contributed by atoms with Crippen molar-refractivity contribution < 1.29 is 42.7 Å². The third kappa shape index (κ3) is 47.6. The Morgan fingerprint density at radius 1 is 0.304 bits per heavy atom. The first-order chi connectivity index (χ1) is 27.7. The number of esters is 1. The summed E-state index contributed by atoms with van der Waals surface area (Å²) in [5, 5.41) is 0. The van der Waals surface area contributed by atoms with Gasteiger partial charge in [0.1, 0.15) is 0 Å². The summed E-state index contributed by atoms with van der Waals surface area (Å²) in [5.41, 5.74) is 0. The number of rotatable bonds is 50. The number of hydrogen-bond donors (Lipinski definition) is 0. The van der Waals surface area contributed by atoms with E-state index in [4.69, 9.17) is 37.9 Å². The van der Waals surface area contributed by atoms with Gasteiger partial charge in [0.25, 0.3) is 0 Å². The van der Waals surface area contributed by atoms with Crippen LogP contribution in [0.4, 0.5) is 0 Å². The summed E-state index contributed by atoms with van der Waals surface area (Å²) in [7, 11) is 0. The molecule has 0 N–H and O–H groups in total. The maximum absolute atomic E-state index is 11.6. The molecule has 0 aromatic carbocycles. The summed E-state index contributed by atoms with van der Waals surface area (Å²) >= 11 is 0. The van der Waals surface area contributed by atoms with E-state index in [1.54, 1.807) is 0 Å². The van der Waals surface area contributed by atoms with Crippen molar-refractivity contribution in [2.75, 3.05) is 99.1 Å². The first kappa shape index (κ1) is 55.2. The summed E-state index contributed by atoms with van der Waals surface area (Å²) in [6.45, 7) is 16.8. The van der Waals surface area contributed by atoms with Crippen molar-refractivity contribution in [2.45, 2.75) is 194 Å². The zero-order chi connectivity index (χ0) is 40.5. The third-order valence-electron chi connectivity index (χ3n) is 10.0. The van der Waals surface area contributed by atoms with Gasteiger partial charge in [-0.25, -0.2) is 0 Å². The van der Waals surface area contributed by atoms with Gasteiger partial charge in [-0.15, -0.1) is 0 Å². The van der Waals surface area contributed by atoms with Crippen LogP contribution >= 0.6 is 0 Å². The topological polar surface area (TPSA) is 90.9 Å². The highest BCUT2D eigenvalue weighted by molar-refractivity contribution is 5.71. The molecule has 0 aliphatic heterocycles. The van der Waals surface area contributed by atoms with Gasteiger partial charge in [0.05, 0.1) is 12.5 Å². The largest absolute Gasteiger partial charge is 0.465 e. The Bertz CT molecular complexity index is 726. The predicted molar refractivity (Wildman–Crippen MR) is 232 cm³/mol. The van der Waals surface area contributed by atoms with Crippen LogP contribution in [0.3, 0.4) is 0 Å². The Morgan fingerprint density at radius 2 is 0.518 bits per heavy atom. The highest BCUT2D eigenvalue weighted by atomic mass is 16.5. The molecule has 1 atom stereocenters. The second kappa shape index (κ2) is 50.3. The second-order valence-electron chi connectivity index (χ2n) is 15.6. The van der Waals surface area contributed by atoms with Crippen molar-refractivity contribution in [1.29, 1.82) is 0 Å². The fourth-order valence-electron chi connectivity index (χ4n) is 6.22. The molecule has 0 rings (SSSR count). The fourth-order valence-corrected chi connectivity index (χ4v) is 6.22. The molecule has 0 aromatic rings. The predicted octanol–water partition coefficient (Wildman–Crippen LogP) is 11.9. The van der Waals surface area contributed by atoms with E-state index in [0.29, 0.717) is 52.9 Å². The average molecular weight is 803 g/mol. The number of hydrogen-bond acceptors (Lipinski definition) is 9. The lowest BCUT2D eigenvalue weighted by Crippen LogP contribution is -2.15. The van der Waals surface area contributed by atoms with Crippen LogP contribution in [0.5, 0.6) is 0 Å². The lowest BCUT2D eigenvalue weighted by Gasteiger charge is -2.09. The number of ether oxygens (including phenoxy) is 8. The molecule has 1 unspecified atom stereocenters. The Kier molecular flexibility index (Phi) is 49.6. The quantitative estimate of drug-likeness (QED) is 0.0440. The Labute approximate surface area is 347 Å². The molecule has 56 heavy (non-hydrogen) atoms. The fraction of sp³-hybridized carbons (Fsp3) is 0.979. The first-order valence-corrected chi connectivity index (χ1v) is 23.9. The van der Waals surface area contributed by atoms with Gasteiger partial charge in [-0.05, 0) is 51.4 Å². The second-order valence-corrected chi connectivity index (χ2v) is 15.6. The van der Waals surface area contributed by atoms with Crippen LogP contribution in [0.15, 0.2) is 0 Å². The van der Waals surface area contributed by atoms with Crippen LogP contribution in [0.25, 0.3) is 0 Å². The maximum Gasteiger partial charge on any atom is 0.308 e. The maximum atomic E-state index is 11.6. The van der Waals surface area contributed by atoms with Crippen LogP contribution in [0.1, 0.15) is 194 Å². The standard InChI is InChI=1S/C47H94O9/c1-4-6-7-8-9-10-11-12-13-14-15-16-17-18-19-20-21-22-23-31-49-32-24-33-50-34-25-35-51-36-26-37-52-38-27-39-53-40-28-41-54-42-29-43-55-44-30-45-56-47(48)46(3)5-2/h46H,4-45H2,1-3H3. The number of carbonyl (C=O) groups is 1. The molecular formula is C47H94O9. The summed E-state index contributed by atoms with van der Waals surface area (Å²) in [6.07, 6.45) is 33.8. The van der Waals surface area contributed by atoms with Crippen LogP contribution < -0.4 is 0 Å². The average Bonchev–Trinajstić information content (AvgIpc) is 3.21. The molecule has 0 amide bonds. The van der Waals surface area contributed by atoms with Crippen LogP contribution in [0, 0.1) is 5.92 Å². The van der Waals surface area contributed by atoms with Gasteiger partial charge >= 0.3 is 5.97 Å². The Morgan fingerprint density at radius 3 is 0.768 bits per heavy atom. The van der Waals surface area contributed by atoms with Crippen LogP contribution in [0.2, 0.25) is 0 Å². The lowest BCUT2D eigenvalue weighted by molar-refractivity contribution is -0.148. The monoisotopic (exact) mass is 803 g/mol. The minimum absolute atomic E-state index is 0.0275. The minimum Gasteiger partial charge on any atom is -0.465 e. The van der Waals surface area contributed by atoms with Crippen molar-refractivity contribution in [3.63, 3.8) is 0 Å². The Balaban J connectivity index is 3.08. The first-order valence-electron chi connectivity index (χ1n) is 23.9. The van der Waals surface area contributed by atoms with E-state index < -0.39 is 0 Å². The van der Waals surface area contributed by atoms with Gasteiger partial charge in [0, 0.05) is 98.9 Å². The molecule has 0 saturated carbocycles. The smallest absolute Gasteiger partial charge is 0.308 e. The van der Waals surface area contributed by atoms with Crippen molar-refractivity contribution in [2.24, 2.45) is 5.92 Å². The van der Waals surface area contributed by atoms with E-state index >= 15 is 0 Å². The third-order valence-corrected chi connectivity index (χ3v) is 10.0. The molecule has 0 aliphatic rings. The molecule has 0 radical (unpaired) electrons. The van der Waals surface area contributed by atoms with Gasteiger partial charge in [-0.2, -0.15) is 0 Å². The van der Waals surface area contributed by atoms with Gasteiger partial charge in [0.2, 0.25) is 0 Å². The summed E-state index contributed by atoms with van der Waals surface area (Å²) in [4.78, 5) is 11.6. The number of carbonyl (C=O) groups excluding carboxylic acids is 1. The highest BCUT2D eigenvalue weighted by Crippen LogP contribution is 2.14. The Hall–Kier alpha value is -0.810. The van der Waals surface area contributed by atoms with Crippen molar-refractivity contribution >= 4 is 5.97 Å². The summed E-state index contributed by atoms with van der Waals surface area (Å²) < 4.78 is 45.0. The van der Waals surface area contributed by atoms with Crippen LogP contribution in [-0.2, 0) is 42.7 Å². The molecule has 0 saturated heterocycles. The van der Waals surface area contributed by atoms with E-state index in [9.17, 15) is 4.79 Å². The minimum atomic E-state index is -0.120. The van der Waals surface area contributed by atoms with E-state index in [1.165, 1.54) is 122 Å². The van der Waals surface area contributed by atoms with Gasteiger partial charge in [-0.3, -0.25) is 4.79 Å². The molecule has 336 valence electrons. The summed E-state index contributed by atoms with van der Waals surface area (Å²) in [5.74, 6) is -0.147. The lowest BCUT2D eigenvalue weighted by atomic mass is 10.0. The van der Waals surface area contributed by atoms with E-state index in [2.05, 4.69) is 6.92 Å². The molecule has 0 spiro atoms. The van der Waals surface area contributed by atoms with Gasteiger partial charge < -0.3 is 37.9 Å². The molecule has 9 heteroatoms. The normalized spacial score (nSPS) is 12.1. The van der Waals surface area contributed by atoms with E-state index in [1.807, 2.05) is 13.8 Å². The van der Waals surface area contributed by atoms with Crippen LogP contribution in [-0.4, -0.2) is 105 Å². The zero-order valence-electron chi connectivity index (χ0n) is 37.5. The molecule has 0 fully saturated rings. The van der Waals surface area contributed by atoms with Gasteiger partial charge in [-0.1, -0.05) is 136 Å². The molecule has 9 nitrogen and oxygen atoms in total. The van der Waals surface area contributed by atoms with Gasteiger partial charge in [0.15, 0.2) is 0 Å². The number of unbranched alkanes of at least 4 members (excludes halogenated alkanes) is 18. The van der Waals surface area contributed by atoms with Crippen molar-refractivity contribution in [3.05, 3.63) is 0 Å². The van der Waals surface area contributed by atoms with E-state index in [0.717, 1.165) is 97.6 Å². The molecule has 0 bridgehead atoms. The molecule has 0 heterocycles. The summed E-state index contributed by atoms with van der Waals surface area (Å²) in [6, 6.07) is 0. The van der Waals surface area contributed by atoms with E-state index in [-0.39, 0.29) is 11.9 Å².